The van der Waals surface area contributed by atoms with Gasteiger partial charge in [0.2, 0.25) is 5.91 Å². The number of carbonyl (C=O) groups is 2. The number of pyridine rings is 1. The van der Waals surface area contributed by atoms with Crippen LogP contribution in [0.1, 0.15) is 24.5 Å². The number of carbonyl (C=O) groups excluding carboxylic acids is 1. The molecule has 0 spiro atoms. The molecule has 0 aliphatic heterocycles. The lowest BCUT2D eigenvalue weighted by Crippen LogP contribution is -2.51. The Morgan fingerprint density at radius 1 is 1.22 bits per heavy atom. The molecule has 0 bridgehead atoms. The fourth-order valence-electron chi connectivity index (χ4n) is 2.75. The van der Waals surface area contributed by atoms with E-state index in [-0.39, 0.29) is 25.4 Å². The maximum absolute atomic E-state index is 12.4. The molecule has 1 heterocycles. The Kier molecular flexibility index (Phi) is 7.31. The second-order valence-electron chi connectivity index (χ2n) is 6.59. The molecule has 2 N–H and O–H groups in total. The molecule has 1 atom stereocenters. The van der Waals surface area contributed by atoms with Crippen LogP contribution in [-0.4, -0.2) is 41.2 Å². The van der Waals surface area contributed by atoms with Crippen LogP contribution in [0.2, 0.25) is 0 Å². The topological polar surface area (TPSA) is 97.8 Å². The summed E-state index contributed by atoms with van der Waals surface area (Å²) in [7, 11) is 1.47. The van der Waals surface area contributed by atoms with Gasteiger partial charge in [-0.15, -0.1) is 0 Å². The SMILES string of the molecule is COCC(C)(CC(=O)O)NC(=O)Cc1cccc(OCc2cccnc2)c1. The lowest BCUT2D eigenvalue weighted by atomic mass is 9.98. The van der Waals surface area contributed by atoms with Crippen molar-refractivity contribution in [3.63, 3.8) is 0 Å². The summed E-state index contributed by atoms with van der Waals surface area (Å²) in [5, 5.41) is 11.8. The van der Waals surface area contributed by atoms with E-state index in [1.165, 1.54) is 7.11 Å². The van der Waals surface area contributed by atoms with E-state index < -0.39 is 11.5 Å². The van der Waals surface area contributed by atoms with Gasteiger partial charge >= 0.3 is 5.97 Å². The van der Waals surface area contributed by atoms with Crippen molar-refractivity contribution < 1.29 is 24.2 Å². The Morgan fingerprint density at radius 3 is 2.67 bits per heavy atom. The molecule has 1 amide bonds. The van der Waals surface area contributed by atoms with Crippen LogP contribution in [0, 0.1) is 0 Å². The maximum Gasteiger partial charge on any atom is 0.305 e. The summed E-state index contributed by atoms with van der Waals surface area (Å²) in [6, 6.07) is 11.0. The fourth-order valence-corrected chi connectivity index (χ4v) is 2.75. The number of nitrogens with zero attached hydrogens (tertiary/aromatic N) is 1. The smallest absolute Gasteiger partial charge is 0.305 e. The zero-order chi connectivity index (χ0) is 19.7. The van der Waals surface area contributed by atoms with Crippen molar-refractivity contribution in [3.05, 3.63) is 59.9 Å². The summed E-state index contributed by atoms with van der Waals surface area (Å²) < 4.78 is 10.8. The molecular formula is C20H24N2O5. The molecule has 2 aromatic rings. The summed E-state index contributed by atoms with van der Waals surface area (Å²) in [4.78, 5) is 27.4. The summed E-state index contributed by atoms with van der Waals surface area (Å²) in [5.41, 5.74) is 0.752. The fraction of sp³-hybridized carbons (Fsp3) is 0.350. The highest BCUT2D eigenvalue weighted by molar-refractivity contribution is 5.80. The van der Waals surface area contributed by atoms with Crippen LogP contribution >= 0.6 is 0 Å². The van der Waals surface area contributed by atoms with Gasteiger partial charge in [-0.1, -0.05) is 18.2 Å². The Hall–Kier alpha value is -2.93. The van der Waals surface area contributed by atoms with Gasteiger partial charge in [-0.05, 0) is 30.7 Å². The first-order chi connectivity index (χ1) is 12.9. The van der Waals surface area contributed by atoms with Gasteiger partial charge in [0.05, 0.1) is 25.0 Å². The number of hydrogen-bond acceptors (Lipinski definition) is 5. The number of aliphatic carboxylic acids is 1. The quantitative estimate of drug-likeness (QED) is 0.664. The van der Waals surface area contributed by atoms with Gasteiger partial charge in [-0.25, -0.2) is 0 Å². The second kappa shape index (κ2) is 9.68. The predicted octanol–water partition coefficient (Wildman–Crippen LogP) is 2.20. The zero-order valence-electron chi connectivity index (χ0n) is 15.5. The zero-order valence-corrected chi connectivity index (χ0v) is 15.5. The number of benzene rings is 1. The maximum atomic E-state index is 12.4. The molecule has 0 saturated carbocycles. The number of carboxylic acid groups (broad SMARTS) is 1. The monoisotopic (exact) mass is 372 g/mol. The van der Waals surface area contributed by atoms with Crippen LogP contribution < -0.4 is 10.1 Å². The van der Waals surface area contributed by atoms with E-state index in [1.807, 2.05) is 30.3 Å². The van der Waals surface area contributed by atoms with Gasteiger partial charge in [-0.2, -0.15) is 0 Å². The summed E-state index contributed by atoms with van der Waals surface area (Å²) in [6.45, 7) is 2.14. The van der Waals surface area contributed by atoms with E-state index in [2.05, 4.69) is 10.3 Å². The largest absolute Gasteiger partial charge is 0.489 e. The molecule has 0 radical (unpaired) electrons. The van der Waals surface area contributed by atoms with Crippen LogP contribution in [0.25, 0.3) is 0 Å². The highest BCUT2D eigenvalue weighted by atomic mass is 16.5. The summed E-state index contributed by atoms with van der Waals surface area (Å²) in [5.74, 6) is -0.629. The third kappa shape index (κ3) is 7.07. The van der Waals surface area contributed by atoms with Crippen LogP contribution in [0.15, 0.2) is 48.8 Å². The summed E-state index contributed by atoms with van der Waals surface area (Å²) in [6.07, 6.45) is 3.32. The minimum absolute atomic E-state index is 0.110. The molecule has 1 unspecified atom stereocenters. The molecule has 1 aromatic heterocycles. The Balaban J connectivity index is 1.96. The molecule has 0 aliphatic rings. The van der Waals surface area contributed by atoms with E-state index in [0.717, 1.165) is 11.1 Å². The molecular weight excluding hydrogens is 348 g/mol. The molecule has 27 heavy (non-hydrogen) atoms. The van der Waals surface area contributed by atoms with Gasteiger partial charge < -0.3 is 19.9 Å². The lowest BCUT2D eigenvalue weighted by molar-refractivity contribution is -0.139. The van der Waals surface area contributed by atoms with Crippen molar-refractivity contribution in [1.29, 1.82) is 0 Å². The van der Waals surface area contributed by atoms with Crippen molar-refractivity contribution in [2.75, 3.05) is 13.7 Å². The number of aromatic nitrogens is 1. The van der Waals surface area contributed by atoms with E-state index in [0.29, 0.717) is 12.4 Å². The van der Waals surface area contributed by atoms with Gasteiger partial charge in [0.15, 0.2) is 0 Å². The number of carboxylic acids is 1. The second-order valence-corrected chi connectivity index (χ2v) is 6.59. The number of ether oxygens (including phenoxy) is 2. The number of nitrogens with one attached hydrogen (secondary N) is 1. The van der Waals surface area contributed by atoms with Crippen LogP contribution in [-0.2, 0) is 27.4 Å². The van der Waals surface area contributed by atoms with Crippen molar-refractivity contribution in [2.24, 2.45) is 0 Å². The lowest BCUT2D eigenvalue weighted by Gasteiger charge is -2.28. The van der Waals surface area contributed by atoms with E-state index in [1.54, 1.807) is 25.4 Å². The third-order valence-corrected chi connectivity index (χ3v) is 3.84. The van der Waals surface area contributed by atoms with E-state index in [9.17, 15) is 9.59 Å². The van der Waals surface area contributed by atoms with Gasteiger partial charge in [0.25, 0.3) is 0 Å². The van der Waals surface area contributed by atoms with Crippen molar-refractivity contribution >= 4 is 11.9 Å². The molecule has 0 fully saturated rings. The molecule has 7 nitrogen and oxygen atoms in total. The highest BCUT2D eigenvalue weighted by Gasteiger charge is 2.29. The number of amides is 1. The predicted molar refractivity (Wildman–Crippen MR) is 99.4 cm³/mol. The first-order valence-electron chi connectivity index (χ1n) is 8.52. The number of hydrogen-bond donors (Lipinski definition) is 2. The number of methoxy groups -OCH3 is 1. The Morgan fingerprint density at radius 2 is 2.00 bits per heavy atom. The summed E-state index contributed by atoms with van der Waals surface area (Å²) >= 11 is 0. The number of rotatable bonds is 10. The highest BCUT2D eigenvalue weighted by Crippen LogP contribution is 2.16. The molecule has 144 valence electrons. The molecule has 0 saturated heterocycles. The van der Waals surface area contributed by atoms with E-state index in [4.69, 9.17) is 14.6 Å². The van der Waals surface area contributed by atoms with E-state index >= 15 is 0 Å². The average Bonchev–Trinajstić information content (AvgIpc) is 2.60. The van der Waals surface area contributed by atoms with Gasteiger partial charge in [0, 0.05) is 25.1 Å². The minimum Gasteiger partial charge on any atom is -0.489 e. The molecule has 7 heteroatoms. The normalized spacial score (nSPS) is 12.8. The van der Waals surface area contributed by atoms with Crippen molar-refractivity contribution in [1.82, 2.24) is 10.3 Å². The standard InChI is InChI=1S/C20H24N2O5/c1-20(14-26-2,11-19(24)25)22-18(23)10-15-5-3-7-17(9-15)27-13-16-6-4-8-21-12-16/h3-9,12H,10-11,13-14H2,1-2H3,(H,22,23)(H,24,25). The van der Waals surface area contributed by atoms with Gasteiger partial charge in [-0.3, -0.25) is 14.6 Å². The molecule has 0 aliphatic carbocycles. The van der Waals surface area contributed by atoms with Crippen LogP contribution in [0.5, 0.6) is 5.75 Å². The minimum atomic E-state index is -0.999. The average molecular weight is 372 g/mol. The van der Waals surface area contributed by atoms with Crippen molar-refractivity contribution in [2.45, 2.75) is 31.9 Å². The van der Waals surface area contributed by atoms with Gasteiger partial charge in [0.1, 0.15) is 12.4 Å². The van der Waals surface area contributed by atoms with Crippen LogP contribution in [0.3, 0.4) is 0 Å². The van der Waals surface area contributed by atoms with Crippen LogP contribution in [0.4, 0.5) is 0 Å². The third-order valence-electron chi connectivity index (χ3n) is 3.84. The first kappa shape index (κ1) is 20.4. The molecule has 2 rings (SSSR count). The Labute approximate surface area is 158 Å². The molecule has 1 aromatic carbocycles. The first-order valence-corrected chi connectivity index (χ1v) is 8.52. The Bertz CT molecular complexity index is 766. The van der Waals surface area contributed by atoms with Crippen molar-refractivity contribution in [3.8, 4) is 5.75 Å².